The van der Waals surface area contributed by atoms with Crippen molar-refractivity contribution in [3.63, 3.8) is 0 Å². The van der Waals surface area contributed by atoms with Crippen molar-refractivity contribution in [1.82, 2.24) is 0 Å². The van der Waals surface area contributed by atoms with Gasteiger partial charge in [0.1, 0.15) is 5.78 Å². The predicted octanol–water partition coefficient (Wildman–Crippen LogP) is 0.101. The molecule has 2 aliphatic carbocycles. The van der Waals surface area contributed by atoms with Crippen molar-refractivity contribution < 1.29 is 15.0 Å². The second-order valence-electron chi connectivity index (χ2n) is 4.56. The van der Waals surface area contributed by atoms with E-state index < -0.39 is 0 Å². The third-order valence-corrected chi connectivity index (χ3v) is 3.32. The van der Waals surface area contributed by atoms with Crippen LogP contribution in [0.4, 0.5) is 0 Å². The number of Topliss-reactive ketones (excluding diaryl/α,β-unsaturated/α-hetero) is 1. The number of hydrogen-bond acceptors (Lipinski definition) is 3. The van der Waals surface area contributed by atoms with Gasteiger partial charge in [-0.15, -0.1) is 0 Å². The van der Waals surface area contributed by atoms with Gasteiger partial charge in [0.15, 0.2) is 0 Å². The Morgan fingerprint density at radius 2 is 1.67 bits per heavy atom. The van der Waals surface area contributed by atoms with Crippen LogP contribution in [0.2, 0.25) is 0 Å². The van der Waals surface area contributed by atoms with Crippen LogP contribution >= 0.6 is 0 Å². The van der Waals surface area contributed by atoms with E-state index in [2.05, 4.69) is 0 Å². The highest BCUT2D eigenvalue weighted by atomic mass is 16.3. The first-order valence-electron chi connectivity index (χ1n) is 4.37. The molecule has 2 aliphatic rings. The summed E-state index contributed by atoms with van der Waals surface area (Å²) in [5.74, 6) is 0.333. The summed E-state index contributed by atoms with van der Waals surface area (Å²) in [5.41, 5.74) is -0.0801. The molecule has 2 rings (SSSR count). The zero-order valence-corrected chi connectivity index (χ0v) is 7.05. The van der Waals surface area contributed by atoms with Gasteiger partial charge in [0.05, 0.1) is 13.2 Å². The normalized spacial score (nSPS) is 29.7. The van der Waals surface area contributed by atoms with Crippen molar-refractivity contribution in [3.8, 4) is 0 Å². The molecular weight excluding hydrogens is 156 g/mol. The van der Waals surface area contributed by atoms with E-state index in [0.717, 1.165) is 12.8 Å². The lowest BCUT2D eigenvalue weighted by molar-refractivity contribution is -0.165. The highest BCUT2D eigenvalue weighted by Crippen LogP contribution is 2.62. The van der Waals surface area contributed by atoms with Gasteiger partial charge < -0.3 is 10.2 Å². The standard InChI is InChI=1S/C9H14O3/c10-5-9(6-11)3-8(4-9)1-7(12)2-8/h10-11H,1-6H2. The Balaban J connectivity index is 1.94. The smallest absolute Gasteiger partial charge is 0.134 e. The molecule has 0 aromatic carbocycles. The molecule has 68 valence electrons. The minimum Gasteiger partial charge on any atom is -0.396 e. The van der Waals surface area contributed by atoms with Crippen molar-refractivity contribution in [2.24, 2.45) is 10.8 Å². The molecule has 2 N–H and O–H groups in total. The average molecular weight is 170 g/mol. The lowest BCUT2D eigenvalue weighted by atomic mass is 9.45. The van der Waals surface area contributed by atoms with E-state index in [1.807, 2.05) is 0 Å². The first-order chi connectivity index (χ1) is 5.64. The summed E-state index contributed by atoms with van der Waals surface area (Å²) in [4.78, 5) is 10.8. The van der Waals surface area contributed by atoms with Crippen LogP contribution in [0.25, 0.3) is 0 Å². The van der Waals surface area contributed by atoms with Crippen molar-refractivity contribution in [2.75, 3.05) is 13.2 Å². The second-order valence-corrected chi connectivity index (χ2v) is 4.56. The first kappa shape index (κ1) is 8.20. The van der Waals surface area contributed by atoms with Gasteiger partial charge in [-0.25, -0.2) is 0 Å². The Morgan fingerprint density at radius 3 is 2.00 bits per heavy atom. The van der Waals surface area contributed by atoms with E-state index in [1.54, 1.807) is 0 Å². The Labute approximate surface area is 71.4 Å². The van der Waals surface area contributed by atoms with E-state index in [4.69, 9.17) is 10.2 Å². The second kappa shape index (κ2) is 2.30. The van der Waals surface area contributed by atoms with E-state index in [-0.39, 0.29) is 24.0 Å². The molecule has 0 aromatic heterocycles. The maximum atomic E-state index is 10.8. The van der Waals surface area contributed by atoms with Crippen LogP contribution in [0.15, 0.2) is 0 Å². The molecular formula is C9H14O3. The zero-order valence-electron chi connectivity index (χ0n) is 7.05. The maximum absolute atomic E-state index is 10.8. The molecule has 3 heteroatoms. The number of aliphatic hydroxyl groups excluding tert-OH is 2. The van der Waals surface area contributed by atoms with Gasteiger partial charge in [-0.1, -0.05) is 0 Å². The number of aliphatic hydroxyl groups is 2. The summed E-state index contributed by atoms with van der Waals surface area (Å²) >= 11 is 0. The van der Waals surface area contributed by atoms with Crippen LogP contribution < -0.4 is 0 Å². The fourth-order valence-corrected chi connectivity index (χ4v) is 2.85. The van der Waals surface area contributed by atoms with E-state index in [1.165, 1.54) is 0 Å². The molecule has 0 bridgehead atoms. The lowest BCUT2D eigenvalue weighted by Gasteiger charge is -2.59. The minimum absolute atomic E-state index is 0.0550. The molecule has 0 aliphatic heterocycles. The van der Waals surface area contributed by atoms with Crippen LogP contribution in [-0.4, -0.2) is 29.2 Å². The van der Waals surface area contributed by atoms with Gasteiger partial charge in [0.2, 0.25) is 0 Å². The first-order valence-corrected chi connectivity index (χ1v) is 4.37. The molecule has 0 radical (unpaired) electrons. The maximum Gasteiger partial charge on any atom is 0.134 e. The largest absolute Gasteiger partial charge is 0.396 e. The Bertz CT molecular complexity index is 200. The molecule has 0 atom stereocenters. The summed E-state index contributed by atoms with van der Waals surface area (Å²) < 4.78 is 0. The fraction of sp³-hybridized carbons (Fsp3) is 0.889. The van der Waals surface area contributed by atoms with Gasteiger partial charge >= 0.3 is 0 Å². The molecule has 2 fully saturated rings. The Morgan fingerprint density at radius 1 is 1.17 bits per heavy atom. The van der Waals surface area contributed by atoms with Gasteiger partial charge in [0.25, 0.3) is 0 Å². The summed E-state index contributed by atoms with van der Waals surface area (Å²) in [7, 11) is 0. The van der Waals surface area contributed by atoms with Crippen molar-refractivity contribution in [2.45, 2.75) is 25.7 Å². The molecule has 2 saturated carbocycles. The average Bonchev–Trinajstić information content (AvgIpc) is 1.94. The van der Waals surface area contributed by atoms with Crippen LogP contribution in [0.3, 0.4) is 0 Å². The van der Waals surface area contributed by atoms with Crippen LogP contribution in [0.5, 0.6) is 0 Å². The SMILES string of the molecule is O=C1CC2(C1)CC(CO)(CO)C2. The molecule has 1 spiro atoms. The van der Waals surface area contributed by atoms with E-state index in [0.29, 0.717) is 18.6 Å². The summed E-state index contributed by atoms with van der Waals surface area (Å²) in [6.45, 7) is 0.110. The molecule has 0 amide bonds. The number of carbonyl (C=O) groups is 1. The molecule has 0 aromatic rings. The van der Waals surface area contributed by atoms with Crippen molar-refractivity contribution >= 4 is 5.78 Å². The van der Waals surface area contributed by atoms with Crippen LogP contribution in [0, 0.1) is 10.8 Å². The third-order valence-electron chi connectivity index (χ3n) is 3.32. The summed E-state index contributed by atoms with van der Waals surface area (Å²) in [6.07, 6.45) is 3.01. The van der Waals surface area contributed by atoms with Gasteiger partial charge in [-0.05, 0) is 18.3 Å². The monoisotopic (exact) mass is 170 g/mol. The third kappa shape index (κ3) is 0.930. The quantitative estimate of drug-likeness (QED) is 0.618. The lowest BCUT2D eigenvalue weighted by Crippen LogP contribution is -2.57. The van der Waals surface area contributed by atoms with Crippen LogP contribution in [0.1, 0.15) is 25.7 Å². The van der Waals surface area contributed by atoms with Crippen LogP contribution in [-0.2, 0) is 4.79 Å². The number of rotatable bonds is 2. The Hall–Kier alpha value is -0.410. The van der Waals surface area contributed by atoms with Gasteiger partial charge in [-0.3, -0.25) is 4.79 Å². The predicted molar refractivity (Wildman–Crippen MR) is 42.5 cm³/mol. The number of hydrogen-bond donors (Lipinski definition) is 2. The zero-order chi connectivity index (χ0) is 8.82. The topological polar surface area (TPSA) is 57.5 Å². The fourth-order valence-electron chi connectivity index (χ4n) is 2.85. The number of carbonyl (C=O) groups excluding carboxylic acids is 1. The molecule has 12 heavy (non-hydrogen) atoms. The minimum atomic E-state index is -0.263. The van der Waals surface area contributed by atoms with E-state index >= 15 is 0 Å². The summed E-state index contributed by atoms with van der Waals surface area (Å²) in [6, 6.07) is 0. The van der Waals surface area contributed by atoms with Gasteiger partial charge in [-0.2, -0.15) is 0 Å². The summed E-state index contributed by atoms with van der Waals surface area (Å²) in [5, 5.41) is 18.0. The highest BCUT2D eigenvalue weighted by molar-refractivity contribution is 5.86. The highest BCUT2D eigenvalue weighted by Gasteiger charge is 2.59. The van der Waals surface area contributed by atoms with Crippen molar-refractivity contribution in [1.29, 1.82) is 0 Å². The molecule has 0 heterocycles. The molecule has 3 nitrogen and oxygen atoms in total. The van der Waals surface area contributed by atoms with E-state index in [9.17, 15) is 4.79 Å². The Kier molecular flexibility index (Phi) is 1.57. The van der Waals surface area contributed by atoms with Gasteiger partial charge in [0, 0.05) is 18.3 Å². The molecule has 0 unspecified atom stereocenters. The van der Waals surface area contributed by atoms with Crippen molar-refractivity contribution in [3.05, 3.63) is 0 Å². The molecule has 0 saturated heterocycles. The number of ketones is 1.